The van der Waals surface area contributed by atoms with Crippen molar-refractivity contribution < 1.29 is 5.11 Å². The van der Waals surface area contributed by atoms with Gasteiger partial charge in [-0.25, -0.2) is 5.11 Å². The van der Waals surface area contributed by atoms with Crippen LogP contribution in [-0.4, -0.2) is 5.60 Å². The van der Waals surface area contributed by atoms with Crippen LogP contribution in [-0.2, 0) is 5.11 Å². The molecule has 0 saturated carbocycles. The summed E-state index contributed by atoms with van der Waals surface area (Å²) in [7, 11) is 0. The Morgan fingerprint density at radius 1 is 0.733 bits per heavy atom. The van der Waals surface area contributed by atoms with Crippen LogP contribution < -0.4 is 0 Å². The van der Waals surface area contributed by atoms with Crippen molar-refractivity contribution in [1.82, 2.24) is 0 Å². The Morgan fingerprint density at radius 2 is 1.33 bits per heavy atom. The second kappa shape index (κ2) is 9.21. The summed E-state index contributed by atoms with van der Waals surface area (Å²) in [5, 5.41) is 12.2. The topological polar surface area (TPSA) is 19.9 Å². The molecule has 0 aromatic rings. The lowest BCUT2D eigenvalue weighted by molar-refractivity contribution is -0.0491. The van der Waals surface area contributed by atoms with Gasteiger partial charge in [0.05, 0.1) is 0 Å². The van der Waals surface area contributed by atoms with Gasteiger partial charge in [-0.05, 0) is 19.3 Å². The predicted molar refractivity (Wildman–Crippen MR) is 66.6 cm³/mol. The number of hydrogen-bond acceptors (Lipinski definition) is 0. The summed E-state index contributed by atoms with van der Waals surface area (Å²) < 4.78 is 0. The fourth-order valence-electron chi connectivity index (χ4n) is 2.16. The van der Waals surface area contributed by atoms with Crippen LogP contribution in [0.15, 0.2) is 0 Å². The molecule has 0 spiro atoms. The van der Waals surface area contributed by atoms with Gasteiger partial charge in [0, 0.05) is 0 Å². The van der Waals surface area contributed by atoms with E-state index in [0.29, 0.717) is 0 Å². The van der Waals surface area contributed by atoms with Crippen LogP contribution in [0.4, 0.5) is 0 Å². The summed E-state index contributed by atoms with van der Waals surface area (Å²) in [5.41, 5.74) is -0.612. The van der Waals surface area contributed by atoms with Gasteiger partial charge >= 0.3 is 0 Å². The second-order valence-electron chi connectivity index (χ2n) is 4.80. The molecular formula is C14H29O. The van der Waals surface area contributed by atoms with E-state index < -0.39 is 5.60 Å². The molecule has 0 aliphatic rings. The molecule has 0 N–H and O–H groups in total. The molecule has 0 rings (SSSR count). The predicted octanol–water partition coefficient (Wildman–Crippen LogP) is 5.12. The monoisotopic (exact) mass is 213 g/mol. The minimum Gasteiger partial charge on any atom is -0.230 e. The Morgan fingerprint density at radius 3 is 1.87 bits per heavy atom. The number of hydrogen-bond donors (Lipinski definition) is 0. The molecule has 1 heteroatoms. The van der Waals surface area contributed by atoms with E-state index in [1.54, 1.807) is 0 Å². The lowest BCUT2D eigenvalue weighted by Gasteiger charge is -2.23. The normalized spacial score (nSPS) is 15.2. The standard InChI is InChI=1S/C14H29O/c1-4-7-8-9-10-11-13-14(15,6-3)12-5-2/h4-13H2,1-3H3. The zero-order chi connectivity index (χ0) is 11.6. The summed E-state index contributed by atoms with van der Waals surface area (Å²) >= 11 is 0. The largest absolute Gasteiger partial charge is 0.230 e. The molecule has 0 aromatic carbocycles. The SMILES string of the molecule is CCCCCCCCC([O])(CC)CCC. The summed E-state index contributed by atoms with van der Waals surface area (Å²) in [6.07, 6.45) is 11.3. The van der Waals surface area contributed by atoms with Crippen molar-refractivity contribution in [2.45, 2.75) is 90.6 Å². The molecule has 1 atom stereocenters. The first-order valence-corrected chi connectivity index (χ1v) is 6.89. The molecule has 0 heterocycles. The summed E-state index contributed by atoms with van der Waals surface area (Å²) in [6.45, 7) is 6.39. The number of rotatable bonds is 10. The first-order chi connectivity index (χ1) is 7.18. The maximum Gasteiger partial charge on any atom is 0.103 e. The fraction of sp³-hybridized carbons (Fsp3) is 1.00. The average molecular weight is 213 g/mol. The highest BCUT2D eigenvalue weighted by Crippen LogP contribution is 2.25. The van der Waals surface area contributed by atoms with Crippen LogP contribution in [0.2, 0.25) is 0 Å². The third kappa shape index (κ3) is 7.84. The Hall–Kier alpha value is -0.0400. The zero-order valence-electron chi connectivity index (χ0n) is 11.0. The fourth-order valence-corrected chi connectivity index (χ4v) is 2.16. The molecule has 15 heavy (non-hydrogen) atoms. The van der Waals surface area contributed by atoms with E-state index >= 15 is 0 Å². The molecule has 0 bridgehead atoms. The van der Waals surface area contributed by atoms with Crippen LogP contribution in [0.25, 0.3) is 0 Å². The maximum atomic E-state index is 12.2. The van der Waals surface area contributed by atoms with E-state index in [-0.39, 0.29) is 0 Å². The molecule has 0 aliphatic carbocycles. The van der Waals surface area contributed by atoms with E-state index in [2.05, 4.69) is 13.8 Å². The smallest absolute Gasteiger partial charge is 0.103 e. The van der Waals surface area contributed by atoms with Crippen LogP contribution >= 0.6 is 0 Å². The summed E-state index contributed by atoms with van der Waals surface area (Å²) in [5.74, 6) is 0. The van der Waals surface area contributed by atoms with Gasteiger partial charge in [-0.15, -0.1) is 0 Å². The highest BCUT2D eigenvalue weighted by Gasteiger charge is 2.24. The molecule has 0 amide bonds. The van der Waals surface area contributed by atoms with Gasteiger partial charge in [-0.2, -0.15) is 0 Å². The maximum absolute atomic E-state index is 12.2. The summed E-state index contributed by atoms with van der Waals surface area (Å²) in [6, 6.07) is 0. The second-order valence-corrected chi connectivity index (χ2v) is 4.80. The Balaban J connectivity index is 3.46. The van der Waals surface area contributed by atoms with Crippen molar-refractivity contribution in [1.29, 1.82) is 0 Å². The van der Waals surface area contributed by atoms with Crippen molar-refractivity contribution in [2.24, 2.45) is 0 Å². The van der Waals surface area contributed by atoms with E-state index in [1.807, 2.05) is 6.92 Å². The minimum absolute atomic E-state index is 0.612. The highest BCUT2D eigenvalue weighted by molar-refractivity contribution is 4.75. The molecule has 91 valence electrons. The van der Waals surface area contributed by atoms with Crippen LogP contribution in [0.5, 0.6) is 0 Å². The van der Waals surface area contributed by atoms with Gasteiger partial charge in [0.1, 0.15) is 5.60 Å². The number of unbranched alkanes of at least 4 members (excludes halogenated alkanes) is 5. The molecule has 0 aromatic heterocycles. The summed E-state index contributed by atoms with van der Waals surface area (Å²) in [4.78, 5) is 0. The lowest BCUT2D eigenvalue weighted by Crippen LogP contribution is -2.25. The van der Waals surface area contributed by atoms with E-state index in [0.717, 1.165) is 32.1 Å². The van der Waals surface area contributed by atoms with Gasteiger partial charge in [0.15, 0.2) is 0 Å². The van der Waals surface area contributed by atoms with E-state index in [9.17, 15) is 5.11 Å². The van der Waals surface area contributed by atoms with E-state index in [4.69, 9.17) is 0 Å². The van der Waals surface area contributed by atoms with Crippen molar-refractivity contribution in [3.8, 4) is 0 Å². The van der Waals surface area contributed by atoms with Gasteiger partial charge in [-0.3, -0.25) is 0 Å². The van der Waals surface area contributed by atoms with Gasteiger partial charge < -0.3 is 0 Å². The van der Waals surface area contributed by atoms with Crippen molar-refractivity contribution >= 4 is 0 Å². The first kappa shape index (κ1) is 15.0. The lowest BCUT2D eigenvalue weighted by atomic mass is 9.89. The van der Waals surface area contributed by atoms with Crippen LogP contribution in [0.1, 0.15) is 85.0 Å². The zero-order valence-corrected chi connectivity index (χ0v) is 11.0. The Labute approximate surface area is 96.3 Å². The van der Waals surface area contributed by atoms with Gasteiger partial charge in [0.25, 0.3) is 0 Å². The third-order valence-corrected chi connectivity index (χ3v) is 3.34. The average Bonchev–Trinajstić information content (AvgIpc) is 2.24. The van der Waals surface area contributed by atoms with Crippen molar-refractivity contribution in [3.05, 3.63) is 0 Å². The molecule has 1 nitrogen and oxygen atoms in total. The first-order valence-electron chi connectivity index (χ1n) is 6.89. The minimum atomic E-state index is -0.612. The molecule has 1 radical (unpaired) electrons. The van der Waals surface area contributed by atoms with Gasteiger partial charge in [-0.1, -0.05) is 65.7 Å². The third-order valence-electron chi connectivity index (χ3n) is 3.34. The molecule has 0 aliphatic heterocycles. The van der Waals surface area contributed by atoms with Crippen molar-refractivity contribution in [3.63, 3.8) is 0 Å². The Kier molecular flexibility index (Phi) is 9.18. The van der Waals surface area contributed by atoms with E-state index in [1.165, 1.54) is 32.1 Å². The molecular weight excluding hydrogens is 184 g/mol. The Bertz CT molecular complexity index is 133. The van der Waals surface area contributed by atoms with Crippen LogP contribution in [0.3, 0.4) is 0 Å². The molecule has 1 unspecified atom stereocenters. The van der Waals surface area contributed by atoms with Crippen LogP contribution in [0, 0.1) is 0 Å². The molecule has 0 saturated heterocycles. The quantitative estimate of drug-likeness (QED) is 0.449. The van der Waals surface area contributed by atoms with Crippen molar-refractivity contribution in [2.75, 3.05) is 0 Å². The highest BCUT2D eigenvalue weighted by atomic mass is 16.3. The van der Waals surface area contributed by atoms with Gasteiger partial charge in [0.2, 0.25) is 0 Å². The molecule has 0 fully saturated rings.